The van der Waals surface area contributed by atoms with Gasteiger partial charge in [0, 0.05) is 6.42 Å². The van der Waals surface area contributed by atoms with Crippen molar-refractivity contribution < 1.29 is 19.1 Å². The van der Waals surface area contributed by atoms with Gasteiger partial charge in [-0.25, -0.2) is 0 Å². The van der Waals surface area contributed by atoms with E-state index in [4.69, 9.17) is 9.47 Å². The van der Waals surface area contributed by atoms with E-state index in [1.54, 1.807) is 6.92 Å². The molecular weight excluding hydrogens is 172 g/mol. The Morgan fingerprint density at radius 3 is 3.00 bits per heavy atom. The van der Waals surface area contributed by atoms with Crippen LogP contribution in [-0.2, 0) is 19.1 Å². The molecule has 1 saturated carbocycles. The maximum Gasteiger partial charge on any atom is 0.314 e. The fourth-order valence-electron chi connectivity index (χ4n) is 2.01. The van der Waals surface area contributed by atoms with Gasteiger partial charge < -0.3 is 9.47 Å². The quantitative estimate of drug-likeness (QED) is 0.579. The lowest BCUT2D eigenvalue weighted by atomic mass is 9.88. The van der Waals surface area contributed by atoms with Gasteiger partial charge in [-0.3, -0.25) is 9.59 Å². The van der Waals surface area contributed by atoms with E-state index in [1.165, 1.54) is 0 Å². The van der Waals surface area contributed by atoms with Gasteiger partial charge in [-0.1, -0.05) is 0 Å². The summed E-state index contributed by atoms with van der Waals surface area (Å²) in [4.78, 5) is 22.7. The number of fused-ring (bicyclic) bond motifs is 2. The van der Waals surface area contributed by atoms with Gasteiger partial charge >= 0.3 is 5.97 Å². The van der Waals surface area contributed by atoms with Crippen molar-refractivity contribution in [3.05, 3.63) is 0 Å². The van der Waals surface area contributed by atoms with E-state index < -0.39 is 5.41 Å². The number of Topliss-reactive ketones (excluding diaryl/α,β-unsaturated/α-hetero) is 1. The molecule has 2 unspecified atom stereocenters. The van der Waals surface area contributed by atoms with Crippen molar-refractivity contribution in [2.24, 2.45) is 5.41 Å². The topological polar surface area (TPSA) is 52.6 Å². The smallest absolute Gasteiger partial charge is 0.314 e. The van der Waals surface area contributed by atoms with Crippen LogP contribution < -0.4 is 0 Å². The SMILES string of the molecule is CCOC(=O)C12COC(C1)C(=O)C2. The molecule has 13 heavy (non-hydrogen) atoms. The number of ketones is 1. The highest BCUT2D eigenvalue weighted by Gasteiger charge is 2.57. The Morgan fingerprint density at radius 2 is 2.54 bits per heavy atom. The summed E-state index contributed by atoms with van der Waals surface area (Å²) in [5.74, 6) is -0.234. The standard InChI is InChI=1S/C9H12O4/c1-2-12-8(11)9-3-6(10)7(4-9)13-5-9/h7H,2-5H2,1H3. The lowest BCUT2D eigenvalue weighted by molar-refractivity contribution is -0.158. The number of carbonyl (C=O) groups is 2. The number of rotatable bonds is 2. The van der Waals surface area contributed by atoms with Crippen molar-refractivity contribution in [1.29, 1.82) is 0 Å². The fourth-order valence-corrected chi connectivity index (χ4v) is 2.01. The van der Waals surface area contributed by atoms with E-state index in [2.05, 4.69) is 0 Å². The van der Waals surface area contributed by atoms with Crippen LogP contribution in [0, 0.1) is 5.41 Å². The minimum Gasteiger partial charge on any atom is -0.465 e. The molecule has 4 heteroatoms. The number of hydrogen-bond donors (Lipinski definition) is 0. The lowest BCUT2D eigenvalue weighted by Crippen LogP contribution is -2.34. The van der Waals surface area contributed by atoms with Gasteiger partial charge in [0.1, 0.15) is 11.5 Å². The van der Waals surface area contributed by atoms with Gasteiger partial charge in [0.05, 0.1) is 13.2 Å². The van der Waals surface area contributed by atoms with Crippen LogP contribution >= 0.6 is 0 Å². The van der Waals surface area contributed by atoms with Crippen molar-refractivity contribution in [1.82, 2.24) is 0 Å². The van der Waals surface area contributed by atoms with Crippen LogP contribution in [0.1, 0.15) is 19.8 Å². The van der Waals surface area contributed by atoms with Gasteiger partial charge in [0.2, 0.25) is 0 Å². The summed E-state index contributed by atoms with van der Waals surface area (Å²) < 4.78 is 10.1. The Morgan fingerprint density at radius 1 is 1.77 bits per heavy atom. The highest BCUT2D eigenvalue weighted by atomic mass is 16.5. The van der Waals surface area contributed by atoms with Crippen LogP contribution in [0.15, 0.2) is 0 Å². The molecule has 0 aromatic rings. The van der Waals surface area contributed by atoms with Crippen molar-refractivity contribution in [3.63, 3.8) is 0 Å². The molecule has 1 aliphatic carbocycles. The molecule has 1 saturated heterocycles. The van der Waals surface area contributed by atoms with E-state index in [1.807, 2.05) is 0 Å². The Labute approximate surface area is 76.2 Å². The highest BCUT2D eigenvalue weighted by molar-refractivity contribution is 5.95. The zero-order valence-corrected chi connectivity index (χ0v) is 7.54. The van der Waals surface area contributed by atoms with Crippen LogP contribution in [0.4, 0.5) is 0 Å². The molecule has 2 bridgehead atoms. The van der Waals surface area contributed by atoms with Gasteiger partial charge in [-0.05, 0) is 13.3 Å². The zero-order valence-electron chi connectivity index (χ0n) is 7.54. The lowest BCUT2D eigenvalue weighted by Gasteiger charge is -2.21. The van der Waals surface area contributed by atoms with Crippen molar-refractivity contribution in [3.8, 4) is 0 Å². The van der Waals surface area contributed by atoms with Crippen molar-refractivity contribution in [2.45, 2.75) is 25.9 Å². The average Bonchev–Trinajstić information content (AvgIpc) is 2.62. The number of ether oxygens (including phenoxy) is 2. The molecule has 0 aromatic carbocycles. The van der Waals surface area contributed by atoms with Gasteiger partial charge in [0.15, 0.2) is 5.78 Å². The normalized spacial score (nSPS) is 36.7. The molecule has 0 radical (unpaired) electrons. The molecule has 0 N–H and O–H groups in total. The molecule has 4 nitrogen and oxygen atoms in total. The van der Waals surface area contributed by atoms with Crippen LogP contribution in [0.25, 0.3) is 0 Å². The molecular formula is C9H12O4. The third kappa shape index (κ3) is 1.16. The molecule has 2 aliphatic rings. The summed E-state index contributed by atoms with van der Waals surface area (Å²) in [5.41, 5.74) is -0.641. The Hall–Kier alpha value is -0.900. The summed E-state index contributed by atoms with van der Waals surface area (Å²) >= 11 is 0. The Kier molecular flexibility index (Phi) is 1.87. The summed E-state index contributed by atoms with van der Waals surface area (Å²) in [6, 6.07) is 0. The van der Waals surface area contributed by atoms with E-state index in [0.717, 1.165) is 0 Å². The van der Waals surface area contributed by atoms with Crippen LogP contribution in [0.5, 0.6) is 0 Å². The maximum atomic E-state index is 11.5. The molecule has 2 atom stereocenters. The summed E-state index contributed by atoms with van der Waals surface area (Å²) in [5, 5.41) is 0. The van der Waals surface area contributed by atoms with E-state index >= 15 is 0 Å². The number of hydrogen-bond acceptors (Lipinski definition) is 4. The minimum atomic E-state index is -0.641. The molecule has 1 heterocycles. The summed E-state index contributed by atoms with van der Waals surface area (Å²) in [6.07, 6.45) is 0.477. The average molecular weight is 184 g/mol. The van der Waals surface area contributed by atoms with E-state index in [9.17, 15) is 9.59 Å². The number of carbonyl (C=O) groups excluding carboxylic acids is 2. The molecule has 0 aromatic heterocycles. The van der Waals surface area contributed by atoms with E-state index in [0.29, 0.717) is 26.1 Å². The zero-order chi connectivity index (χ0) is 9.47. The minimum absolute atomic E-state index is 0.0410. The summed E-state index contributed by atoms with van der Waals surface area (Å²) in [7, 11) is 0. The monoisotopic (exact) mass is 184 g/mol. The van der Waals surface area contributed by atoms with E-state index in [-0.39, 0.29) is 17.9 Å². The molecule has 2 rings (SSSR count). The predicted octanol–water partition coefficient (Wildman–Crippen LogP) is 0.298. The predicted molar refractivity (Wildman–Crippen MR) is 43.0 cm³/mol. The first-order valence-corrected chi connectivity index (χ1v) is 4.49. The molecule has 72 valence electrons. The van der Waals surface area contributed by atoms with Gasteiger partial charge in [-0.15, -0.1) is 0 Å². The number of esters is 1. The Balaban J connectivity index is 2.13. The van der Waals surface area contributed by atoms with Crippen LogP contribution in [-0.4, -0.2) is 31.1 Å². The third-order valence-electron chi connectivity index (χ3n) is 2.72. The van der Waals surface area contributed by atoms with Gasteiger partial charge in [0.25, 0.3) is 0 Å². The molecule has 0 amide bonds. The van der Waals surface area contributed by atoms with Crippen molar-refractivity contribution in [2.75, 3.05) is 13.2 Å². The largest absolute Gasteiger partial charge is 0.465 e. The second-order valence-electron chi connectivity index (χ2n) is 3.65. The molecule has 2 fully saturated rings. The first-order chi connectivity index (χ1) is 6.18. The van der Waals surface area contributed by atoms with Crippen LogP contribution in [0.3, 0.4) is 0 Å². The third-order valence-corrected chi connectivity index (χ3v) is 2.72. The Bertz CT molecular complexity index is 260. The maximum absolute atomic E-state index is 11.5. The first kappa shape index (κ1) is 8.69. The highest BCUT2D eigenvalue weighted by Crippen LogP contribution is 2.44. The van der Waals surface area contributed by atoms with Gasteiger partial charge in [-0.2, -0.15) is 0 Å². The van der Waals surface area contributed by atoms with Crippen molar-refractivity contribution >= 4 is 11.8 Å². The molecule has 1 aliphatic heterocycles. The molecule has 0 spiro atoms. The van der Waals surface area contributed by atoms with Crippen LogP contribution in [0.2, 0.25) is 0 Å². The second-order valence-corrected chi connectivity index (χ2v) is 3.65. The fraction of sp³-hybridized carbons (Fsp3) is 0.778. The second kappa shape index (κ2) is 2.80. The first-order valence-electron chi connectivity index (χ1n) is 4.49. The summed E-state index contributed by atoms with van der Waals surface area (Å²) in [6.45, 7) is 2.47.